The molecule has 0 bridgehead atoms. The number of aliphatic hydroxyl groups is 1. The smallest absolute Gasteiger partial charge is 0.408 e. The number of alkyl carbamates (subject to hydrolysis) is 1. The molecule has 1 atom stereocenters. The molecule has 1 saturated carbocycles. The Morgan fingerprint density at radius 1 is 1.12 bits per heavy atom. The van der Waals surface area contributed by atoms with Crippen molar-refractivity contribution in [1.82, 2.24) is 15.5 Å². The minimum Gasteiger partial charge on any atom is -0.444 e. The molecule has 3 N–H and O–H groups in total. The van der Waals surface area contributed by atoms with E-state index in [2.05, 4.69) is 45.9 Å². The van der Waals surface area contributed by atoms with E-state index in [9.17, 15) is 14.7 Å². The number of benzene rings is 1. The number of carbonyl (C=O) groups is 2. The van der Waals surface area contributed by atoms with Gasteiger partial charge in [0.15, 0.2) is 0 Å². The molecule has 0 aromatic heterocycles. The molecular weight excluding hydrogens is 418 g/mol. The van der Waals surface area contributed by atoms with Crippen molar-refractivity contribution in [3.63, 3.8) is 0 Å². The Morgan fingerprint density at radius 3 is 2.33 bits per heavy atom. The Kier molecular flexibility index (Phi) is 8.76. The molecule has 1 saturated heterocycles. The molecule has 33 heavy (non-hydrogen) atoms. The van der Waals surface area contributed by atoms with E-state index in [0.717, 1.165) is 45.2 Å². The van der Waals surface area contributed by atoms with Gasteiger partial charge in [-0.05, 0) is 84.4 Å². The molecule has 2 amide bonds. The summed E-state index contributed by atoms with van der Waals surface area (Å²) in [5.41, 5.74) is 0.835. The number of hydrogen-bond acceptors (Lipinski definition) is 5. The van der Waals surface area contributed by atoms with Gasteiger partial charge in [-0.1, -0.05) is 36.8 Å². The van der Waals surface area contributed by atoms with Crippen LogP contribution in [-0.2, 0) is 16.0 Å². The summed E-state index contributed by atoms with van der Waals surface area (Å²) in [5.74, 6) is -0.359. The van der Waals surface area contributed by atoms with Gasteiger partial charge in [0.05, 0.1) is 6.61 Å². The van der Waals surface area contributed by atoms with Crippen LogP contribution >= 0.6 is 0 Å². The van der Waals surface area contributed by atoms with Crippen LogP contribution in [0.25, 0.3) is 0 Å². The second-order valence-electron chi connectivity index (χ2n) is 10.6. The lowest BCUT2D eigenvalue weighted by Gasteiger charge is -2.50. The monoisotopic (exact) mass is 459 g/mol. The van der Waals surface area contributed by atoms with Gasteiger partial charge in [-0.25, -0.2) is 4.79 Å². The Balaban J connectivity index is 1.59. The van der Waals surface area contributed by atoms with E-state index in [-0.39, 0.29) is 17.5 Å². The van der Waals surface area contributed by atoms with Crippen LogP contribution in [0.2, 0.25) is 0 Å². The highest BCUT2D eigenvalue weighted by molar-refractivity contribution is 5.86. The molecule has 1 aromatic rings. The third-order valence-electron chi connectivity index (χ3n) is 6.86. The van der Waals surface area contributed by atoms with Gasteiger partial charge in [0, 0.05) is 11.6 Å². The average molecular weight is 460 g/mol. The van der Waals surface area contributed by atoms with Crippen LogP contribution in [0.5, 0.6) is 0 Å². The van der Waals surface area contributed by atoms with Crippen LogP contribution in [0.15, 0.2) is 30.3 Å². The number of ether oxygens (including phenoxy) is 1. The Morgan fingerprint density at radius 2 is 1.76 bits per heavy atom. The number of likely N-dealkylation sites (tertiary alicyclic amines) is 1. The van der Waals surface area contributed by atoms with Crippen LogP contribution in [0.4, 0.5) is 4.79 Å². The summed E-state index contributed by atoms with van der Waals surface area (Å²) in [6.07, 6.45) is 7.98. The fourth-order valence-corrected chi connectivity index (χ4v) is 5.19. The molecule has 1 aliphatic heterocycles. The van der Waals surface area contributed by atoms with E-state index in [1.54, 1.807) is 20.8 Å². The first-order chi connectivity index (χ1) is 15.7. The van der Waals surface area contributed by atoms with E-state index in [1.165, 1.54) is 24.8 Å². The van der Waals surface area contributed by atoms with Crippen LogP contribution in [0, 0.1) is 0 Å². The predicted octanol–water partition coefficient (Wildman–Crippen LogP) is 3.40. The Hall–Kier alpha value is -2.12. The molecule has 3 rings (SSSR count). The van der Waals surface area contributed by atoms with E-state index >= 15 is 0 Å². The van der Waals surface area contributed by atoms with Crippen molar-refractivity contribution in [2.75, 3.05) is 19.7 Å². The molecule has 1 aromatic carbocycles. The molecule has 0 radical (unpaired) electrons. The minimum absolute atomic E-state index is 0.0423. The van der Waals surface area contributed by atoms with Gasteiger partial charge in [0.1, 0.15) is 11.6 Å². The fraction of sp³-hybridized carbons (Fsp3) is 0.692. The zero-order valence-electron chi connectivity index (χ0n) is 20.4. The first-order valence-corrected chi connectivity index (χ1v) is 12.4. The van der Waals surface area contributed by atoms with Gasteiger partial charge in [-0.15, -0.1) is 0 Å². The maximum Gasteiger partial charge on any atom is 0.408 e. The number of rotatable bonds is 7. The van der Waals surface area contributed by atoms with Gasteiger partial charge in [0.2, 0.25) is 5.91 Å². The third-order valence-corrected chi connectivity index (χ3v) is 6.86. The van der Waals surface area contributed by atoms with Crippen molar-refractivity contribution in [1.29, 1.82) is 0 Å². The van der Waals surface area contributed by atoms with Gasteiger partial charge >= 0.3 is 6.09 Å². The summed E-state index contributed by atoms with van der Waals surface area (Å²) < 4.78 is 5.21. The molecule has 7 nitrogen and oxygen atoms in total. The molecule has 1 aliphatic carbocycles. The van der Waals surface area contributed by atoms with Crippen molar-refractivity contribution in [2.24, 2.45) is 0 Å². The van der Waals surface area contributed by atoms with Crippen molar-refractivity contribution in [3.8, 4) is 0 Å². The summed E-state index contributed by atoms with van der Waals surface area (Å²) in [6.45, 7) is 7.10. The quantitative estimate of drug-likeness (QED) is 0.581. The van der Waals surface area contributed by atoms with Crippen molar-refractivity contribution < 1.29 is 19.4 Å². The second-order valence-corrected chi connectivity index (χ2v) is 10.6. The van der Waals surface area contributed by atoms with Crippen molar-refractivity contribution in [3.05, 3.63) is 35.9 Å². The zero-order valence-corrected chi connectivity index (χ0v) is 20.4. The van der Waals surface area contributed by atoms with Crippen LogP contribution < -0.4 is 10.6 Å². The summed E-state index contributed by atoms with van der Waals surface area (Å²) in [7, 11) is 0. The largest absolute Gasteiger partial charge is 0.444 e. The molecule has 1 heterocycles. The number of amides is 2. The average Bonchev–Trinajstić information content (AvgIpc) is 2.79. The maximum absolute atomic E-state index is 12.7. The molecular formula is C26H41N3O4. The standard InChI is InChI=1S/C26H41N3O4/c1-25(2,3)33-24(32)28-22(19-30)23(31)27-21-12-14-26(15-13-21,29-16-8-5-9-17-29)18-20-10-6-4-7-11-20/h4,6-7,10-11,21-22,30H,5,8-9,12-19H2,1-3H3,(H,27,31)(H,28,32). The molecule has 184 valence electrons. The van der Waals surface area contributed by atoms with E-state index in [4.69, 9.17) is 4.74 Å². The number of nitrogens with zero attached hydrogens (tertiary/aromatic N) is 1. The maximum atomic E-state index is 12.7. The minimum atomic E-state index is -1.02. The predicted molar refractivity (Wildman–Crippen MR) is 129 cm³/mol. The van der Waals surface area contributed by atoms with Gasteiger partial charge in [-0.3, -0.25) is 9.69 Å². The third kappa shape index (κ3) is 7.44. The number of nitrogens with one attached hydrogen (secondary N) is 2. The first-order valence-electron chi connectivity index (χ1n) is 12.4. The fourth-order valence-electron chi connectivity index (χ4n) is 5.19. The van der Waals surface area contributed by atoms with E-state index in [0.29, 0.717) is 0 Å². The van der Waals surface area contributed by atoms with Gasteiger partial charge in [-0.2, -0.15) is 0 Å². The highest BCUT2D eigenvalue weighted by Crippen LogP contribution is 2.38. The molecule has 1 unspecified atom stereocenters. The summed E-state index contributed by atoms with van der Waals surface area (Å²) in [4.78, 5) is 27.5. The SMILES string of the molecule is CC(C)(C)OC(=O)NC(CO)C(=O)NC1CCC(Cc2ccccc2)(N2CCCCC2)CC1. The van der Waals surface area contributed by atoms with Crippen LogP contribution in [0.1, 0.15) is 71.3 Å². The molecule has 2 fully saturated rings. The topological polar surface area (TPSA) is 90.9 Å². The Labute approximate surface area is 198 Å². The lowest BCUT2D eigenvalue weighted by Crippen LogP contribution is -2.58. The highest BCUT2D eigenvalue weighted by Gasteiger charge is 2.41. The van der Waals surface area contributed by atoms with Crippen molar-refractivity contribution in [2.45, 2.75) is 95.4 Å². The second kappa shape index (κ2) is 11.3. The number of piperidine rings is 1. The zero-order chi connectivity index (χ0) is 23.9. The summed E-state index contributed by atoms with van der Waals surface area (Å²) in [6, 6.07) is 9.74. The first kappa shape index (κ1) is 25.5. The molecule has 2 aliphatic rings. The van der Waals surface area contributed by atoms with Gasteiger partial charge < -0.3 is 20.5 Å². The van der Waals surface area contributed by atoms with E-state index < -0.39 is 24.3 Å². The van der Waals surface area contributed by atoms with Crippen molar-refractivity contribution >= 4 is 12.0 Å². The lowest BCUT2D eigenvalue weighted by atomic mass is 9.73. The lowest BCUT2D eigenvalue weighted by molar-refractivity contribution is -0.125. The van der Waals surface area contributed by atoms with E-state index in [1.807, 2.05) is 0 Å². The number of carbonyl (C=O) groups excluding carboxylic acids is 2. The Bertz CT molecular complexity index is 763. The summed E-state index contributed by atoms with van der Waals surface area (Å²) >= 11 is 0. The normalized spacial score (nSPS) is 25.2. The number of hydrogen-bond donors (Lipinski definition) is 3. The summed E-state index contributed by atoms with van der Waals surface area (Å²) in [5, 5.41) is 15.2. The van der Waals surface area contributed by atoms with Gasteiger partial charge in [0.25, 0.3) is 0 Å². The molecule has 7 heteroatoms. The van der Waals surface area contributed by atoms with Crippen LogP contribution in [-0.4, -0.2) is 64.9 Å². The highest BCUT2D eigenvalue weighted by atomic mass is 16.6. The molecule has 0 spiro atoms. The van der Waals surface area contributed by atoms with Crippen LogP contribution in [0.3, 0.4) is 0 Å². The number of aliphatic hydroxyl groups excluding tert-OH is 1.